The molecule has 1 aliphatic rings. The van der Waals surface area contributed by atoms with Crippen molar-refractivity contribution in [1.29, 1.82) is 0 Å². The molecule has 178 valence electrons. The molecule has 0 atom stereocenters. The zero-order chi connectivity index (χ0) is 24.0. The van der Waals surface area contributed by atoms with Crippen molar-refractivity contribution in [3.8, 4) is 5.75 Å². The van der Waals surface area contributed by atoms with Gasteiger partial charge in [0.25, 0.3) is 0 Å². The summed E-state index contributed by atoms with van der Waals surface area (Å²) in [5, 5.41) is 2.61. The lowest BCUT2D eigenvalue weighted by atomic mass is 10.1. The van der Waals surface area contributed by atoms with Crippen molar-refractivity contribution in [3.63, 3.8) is 0 Å². The molecule has 1 aliphatic heterocycles. The SMILES string of the molecule is Cc1c(NC(=O)CCC(=O)N2CCN(S(=O)(=O)c3ccccc3)CC2)cccc1OC(F)F. The molecule has 8 nitrogen and oxygen atoms in total. The maximum absolute atomic E-state index is 12.7. The Kier molecular flexibility index (Phi) is 7.98. The van der Waals surface area contributed by atoms with Gasteiger partial charge in [0.15, 0.2) is 0 Å². The second-order valence-corrected chi connectivity index (χ2v) is 9.39. The highest BCUT2D eigenvalue weighted by atomic mass is 32.2. The van der Waals surface area contributed by atoms with Crippen LogP contribution in [-0.4, -0.2) is 62.2 Å². The fraction of sp³-hybridized carbons (Fsp3) is 0.364. The number of carbonyl (C=O) groups is 2. The van der Waals surface area contributed by atoms with Gasteiger partial charge in [-0.25, -0.2) is 8.42 Å². The summed E-state index contributed by atoms with van der Waals surface area (Å²) >= 11 is 0. The van der Waals surface area contributed by atoms with Crippen molar-refractivity contribution in [2.75, 3.05) is 31.5 Å². The van der Waals surface area contributed by atoms with Gasteiger partial charge in [-0.3, -0.25) is 9.59 Å². The largest absolute Gasteiger partial charge is 0.434 e. The van der Waals surface area contributed by atoms with Crippen LogP contribution in [0.5, 0.6) is 5.75 Å². The number of halogens is 2. The van der Waals surface area contributed by atoms with E-state index < -0.39 is 22.5 Å². The van der Waals surface area contributed by atoms with Gasteiger partial charge in [0.05, 0.1) is 4.90 Å². The van der Waals surface area contributed by atoms with Gasteiger partial charge in [-0.1, -0.05) is 24.3 Å². The van der Waals surface area contributed by atoms with E-state index in [2.05, 4.69) is 10.1 Å². The Hall–Kier alpha value is -3.05. The molecule has 1 N–H and O–H groups in total. The van der Waals surface area contributed by atoms with E-state index in [4.69, 9.17) is 0 Å². The number of amides is 2. The van der Waals surface area contributed by atoms with Crippen LogP contribution in [0.2, 0.25) is 0 Å². The van der Waals surface area contributed by atoms with Gasteiger partial charge >= 0.3 is 6.61 Å². The van der Waals surface area contributed by atoms with Crippen molar-refractivity contribution in [1.82, 2.24) is 9.21 Å². The molecule has 2 aromatic rings. The molecule has 1 heterocycles. The molecule has 3 rings (SSSR count). The zero-order valence-electron chi connectivity index (χ0n) is 18.0. The predicted octanol–water partition coefficient (Wildman–Crippen LogP) is 2.85. The molecule has 0 bridgehead atoms. The van der Waals surface area contributed by atoms with Crippen LogP contribution in [0.1, 0.15) is 18.4 Å². The Balaban J connectivity index is 1.49. The molecule has 0 saturated carbocycles. The normalized spacial score (nSPS) is 14.8. The minimum Gasteiger partial charge on any atom is -0.434 e. The quantitative estimate of drug-likeness (QED) is 0.626. The number of sulfonamides is 1. The number of carbonyl (C=O) groups excluding carboxylic acids is 2. The van der Waals surface area contributed by atoms with Crippen molar-refractivity contribution < 1.29 is 31.5 Å². The second kappa shape index (κ2) is 10.7. The maximum Gasteiger partial charge on any atom is 0.387 e. The monoisotopic (exact) mass is 481 g/mol. The number of piperazine rings is 1. The van der Waals surface area contributed by atoms with E-state index in [1.165, 1.54) is 33.5 Å². The third-order valence-corrected chi connectivity index (χ3v) is 7.23. The van der Waals surface area contributed by atoms with Crippen molar-refractivity contribution in [2.24, 2.45) is 0 Å². The van der Waals surface area contributed by atoms with E-state index in [1.807, 2.05) is 0 Å². The summed E-state index contributed by atoms with van der Waals surface area (Å²) in [6.45, 7) is -0.620. The molecular formula is C22H25F2N3O5S. The van der Waals surface area contributed by atoms with E-state index in [0.29, 0.717) is 11.3 Å². The molecule has 33 heavy (non-hydrogen) atoms. The van der Waals surface area contributed by atoms with Crippen LogP contribution in [0.25, 0.3) is 0 Å². The van der Waals surface area contributed by atoms with Crippen LogP contribution in [0.4, 0.5) is 14.5 Å². The summed E-state index contributed by atoms with van der Waals surface area (Å²) < 4.78 is 56.1. The van der Waals surface area contributed by atoms with Gasteiger partial charge in [-0.05, 0) is 31.2 Å². The summed E-state index contributed by atoms with van der Waals surface area (Å²) in [4.78, 5) is 26.5. The van der Waals surface area contributed by atoms with Crippen LogP contribution in [0.3, 0.4) is 0 Å². The first-order valence-corrected chi connectivity index (χ1v) is 11.8. The summed E-state index contributed by atoms with van der Waals surface area (Å²) in [5.74, 6) is -0.735. The average molecular weight is 482 g/mol. The average Bonchev–Trinajstić information content (AvgIpc) is 2.80. The summed E-state index contributed by atoms with van der Waals surface area (Å²) in [5.41, 5.74) is 0.679. The Morgan fingerprint density at radius 1 is 1.00 bits per heavy atom. The lowest BCUT2D eigenvalue weighted by Gasteiger charge is -2.34. The molecule has 0 aliphatic carbocycles. The number of rotatable bonds is 8. The Morgan fingerprint density at radius 2 is 1.67 bits per heavy atom. The number of alkyl halides is 2. The van der Waals surface area contributed by atoms with Crippen molar-refractivity contribution in [2.45, 2.75) is 31.3 Å². The van der Waals surface area contributed by atoms with Gasteiger partial charge in [-0.15, -0.1) is 0 Å². The van der Waals surface area contributed by atoms with E-state index in [0.717, 1.165) is 0 Å². The van der Waals surface area contributed by atoms with Gasteiger partial charge < -0.3 is 15.0 Å². The highest BCUT2D eigenvalue weighted by Gasteiger charge is 2.30. The Bertz CT molecular complexity index is 1090. The van der Waals surface area contributed by atoms with Gasteiger partial charge in [-0.2, -0.15) is 13.1 Å². The highest BCUT2D eigenvalue weighted by Crippen LogP contribution is 2.27. The third-order valence-electron chi connectivity index (χ3n) is 5.31. The molecule has 2 aromatic carbocycles. The number of ether oxygens (including phenoxy) is 1. The lowest BCUT2D eigenvalue weighted by Crippen LogP contribution is -2.50. The highest BCUT2D eigenvalue weighted by molar-refractivity contribution is 7.89. The minimum absolute atomic E-state index is 0.0396. The number of anilines is 1. The number of hydrogen-bond acceptors (Lipinski definition) is 5. The van der Waals surface area contributed by atoms with Crippen LogP contribution in [-0.2, 0) is 19.6 Å². The Labute approximate surface area is 191 Å². The van der Waals surface area contributed by atoms with Crippen LogP contribution >= 0.6 is 0 Å². The van der Waals surface area contributed by atoms with Gasteiger partial charge in [0, 0.05) is 50.3 Å². The van der Waals surface area contributed by atoms with Crippen LogP contribution in [0, 0.1) is 6.92 Å². The fourth-order valence-corrected chi connectivity index (χ4v) is 4.93. The smallest absolute Gasteiger partial charge is 0.387 e. The molecule has 11 heteroatoms. The fourth-order valence-electron chi connectivity index (χ4n) is 3.48. The van der Waals surface area contributed by atoms with Crippen LogP contribution < -0.4 is 10.1 Å². The number of nitrogens with one attached hydrogen (secondary N) is 1. The first-order valence-electron chi connectivity index (χ1n) is 10.4. The number of nitrogens with zero attached hydrogens (tertiary/aromatic N) is 2. The molecule has 0 spiro atoms. The van der Waals surface area contributed by atoms with Crippen LogP contribution in [0.15, 0.2) is 53.4 Å². The summed E-state index contributed by atoms with van der Waals surface area (Å²) in [6.07, 6.45) is -0.149. The van der Waals surface area contributed by atoms with E-state index in [1.54, 1.807) is 31.2 Å². The molecule has 0 radical (unpaired) electrons. The second-order valence-electron chi connectivity index (χ2n) is 7.45. The van der Waals surface area contributed by atoms with Gasteiger partial charge in [0.2, 0.25) is 21.8 Å². The number of benzene rings is 2. The first-order chi connectivity index (χ1) is 15.7. The molecule has 2 amide bonds. The molecule has 0 aromatic heterocycles. The van der Waals surface area contributed by atoms with Crippen molar-refractivity contribution >= 4 is 27.5 Å². The van der Waals surface area contributed by atoms with Crippen molar-refractivity contribution in [3.05, 3.63) is 54.1 Å². The predicted molar refractivity (Wildman–Crippen MR) is 117 cm³/mol. The zero-order valence-corrected chi connectivity index (χ0v) is 18.9. The molecule has 1 fully saturated rings. The van der Waals surface area contributed by atoms with E-state index in [-0.39, 0.29) is 55.6 Å². The topological polar surface area (TPSA) is 96.0 Å². The first kappa shape index (κ1) is 24.6. The van der Waals surface area contributed by atoms with E-state index >= 15 is 0 Å². The van der Waals surface area contributed by atoms with E-state index in [9.17, 15) is 26.8 Å². The number of hydrogen-bond donors (Lipinski definition) is 1. The molecule has 1 saturated heterocycles. The standard InChI is InChI=1S/C22H25F2N3O5S/c1-16-18(8-5-9-19(16)32-22(23)24)25-20(28)10-11-21(29)26-12-14-27(15-13-26)33(30,31)17-6-3-2-4-7-17/h2-9,22H,10-15H2,1H3,(H,25,28). The minimum atomic E-state index is -3.61. The molecule has 0 unspecified atom stereocenters. The molecular weight excluding hydrogens is 456 g/mol. The summed E-state index contributed by atoms with van der Waals surface area (Å²) in [7, 11) is -3.61. The maximum atomic E-state index is 12.7. The Morgan fingerprint density at radius 3 is 2.30 bits per heavy atom. The summed E-state index contributed by atoms with van der Waals surface area (Å²) in [6, 6.07) is 12.5. The third kappa shape index (κ3) is 6.26. The lowest BCUT2D eigenvalue weighted by molar-refractivity contribution is -0.133. The van der Waals surface area contributed by atoms with Gasteiger partial charge in [0.1, 0.15) is 5.75 Å².